The summed E-state index contributed by atoms with van der Waals surface area (Å²) in [6.07, 6.45) is 2.41. The fourth-order valence-corrected chi connectivity index (χ4v) is 0.674. The lowest BCUT2D eigenvalue weighted by molar-refractivity contribution is 0.189. The zero-order valence-corrected chi connectivity index (χ0v) is 13.0. The van der Waals surface area contributed by atoms with Crippen molar-refractivity contribution in [3.05, 3.63) is 0 Å². The monoisotopic (exact) mass is 392 g/mol. The quantitative estimate of drug-likeness (QED) is 0.376. The lowest BCUT2D eigenvalue weighted by atomic mass is 10.3. The SMILES string of the molecule is COCCCCN(C)C.F[B-](F)(F)F.F[B-](F)(F)F.F[B-](F)(F)F. The van der Waals surface area contributed by atoms with E-state index in [4.69, 9.17) is 4.74 Å². The molecule has 0 saturated heterocycles. The van der Waals surface area contributed by atoms with Crippen LogP contribution in [0.5, 0.6) is 0 Å². The highest BCUT2D eigenvalue weighted by Crippen LogP contribution is 2.07. The van der Waals surface area contributed by atoms with Crippen LogP contribution in [0.15, 0.2) is 0 Å². The van der Waals surface area contributed by atoms with Crippen LogP contribution < -0.4 is 0 Å². The fourth-order valence-electron chi connectivity index (χ4n) is 0.674. The molecule has 0 aromatic carbocycles. The highest BCUT2D eigenvalue weighted by molar-refractivity contribution is 6.50. The Morgan fingerprint density at radius 1 is 0.625 bits per heavy atom. The smallest absolute Gasteiger partial charge is 0.418 e. The molecule has 0 amide bonds. The summed E-state index contributed by atoms with van der Waals surface area (Å²) < 4.78 is 122. The molecule has 0 saturated carbocycles. The van der Waals surface area contributed by atoms with Gasteiger partial charge in [-0.15, -0.1) is 0 Å². The van der Waals surface area contributed by atoms with E-state index in [1.165, 1.54) is 19.4 Å². The molecule has 2 nitrogen and oxygen atoms in total. The van der Waals surface area contributed by atoms with E-state index in [-0.39, 0.29) is 0 Å². The number of ether oxygens (including phenoxy) is 1. The van der Waals surface area contributed by atoms with Gasteiger partial charge in [0.25, 0.3) is 0 Å². The van der Waals surface area contributed by atoms with E-state index in [1.807, 2.05) is 0 Å². The van der Waals surface area contributed by atoms with Crippen molar-refractivity contribution in [1.82, 2.24) is 4.90 Å². The van der Waals surface area contributed by atoms with Gasteiger partial charge in [0.2, 0.25) is 0 Å². The molecule has 24 heavy (non-hydrogen) atoms. The number of nitrogens with zero attached hydrogens (tertiary/aromatic N) is 1. The first kappa shape index (κ1) is 31.1. The van der Waals surface area contributed by atoms with Gasteiger partial charge in [-0.2, -0.15) is 0 Å². The molecule has 0 unspecified atom stereocenters. The third-order valence-electron chi connectivity index (χ3n) is 1.20. The van der Waals surface area contributed by atoms with Crippen LogP contribution in [0.1, 0.15) is 12.8 Å². The van der Waals surface area contributed by atoms with Crippen LogP contribution in [0, 0.1) is 0 Å². The van der Waals surface area contributed by atoms with Gasteiger partial charge in [-0.1, -0.05) is 0 Å². The van der Waals surface area contributed by atoms with Crippen molar-refractivity contribution in [3.8, 4) is 0 Å². The summed E-state index contributed by atoms with van der Waals surface area (Å²) in [5.41, 5.74) is 0. The molecule has 0 aliphatic rings. The van der Waals surface area contributed by atoms with E-state index in [0.29, 0.717) is 0 Å². The normalized spacial score (nSPS) is 11.5. The van der Waals surface area contributed by atoms with Gasteiger partial charge >= 0.3 is 21.8 Å². The van der Waals surface area contributed by atoms with E-state index in [9.17, 15) is 51.8 Å². The van der Waals surface area contributed by atoms with Gasteiger partial charge in [-0.25, -0.2) is 0 Å². The standard InChI is InChI=1S/C7H17NO.3BF4/c1-8(2)6-4-5-7-9-3;3*2-1(3,4)5/h4-7H2,1-3H3;;;/q;3*-1. The van der Waals surface area contributed by atoms with E-state index in [2.05, 4.69) is 19.0 Å². The zero-order valence-electron chi connectivity index (χ0n) is 13.0. The zero-order chi connectivity index (χ0) is 20.6. The minimum Gasteiger partial charge on any atom is -0.418 e. The molecule has 0 aliphatic carbocycles. The van der Waals surface area contributed by atoms with Gasteiger partial charge in [0.1, 0.15) is 0 Å². The predicted octanol–water partition coefficient (Wildman–Crippen LogP) is 4.87. The fraction of sp³-hybridized carbons (Fsp3) is 1.00. The Kier molecular flexibility index (Phi) is 20.4. The Bertz CT molecular complexity index is 210. The van der Waals surface area contributed by atoms with E-state index >= 15 is 0 Å². The molecular formula is C7H17B3F12NO-3. The molecule has 0 radical (unpaired) electrons. The van der Waals surface area contributed by atoms with Crippen molar-refractivity contribution in [2.45, 2.75) is 12.8 Å². The van der Waals surface area contributed by atoms with Crippen molar-refractivity contribution >= 4 is 21.8 Å². The molecule has 0 bridgehead atoms. The second kappa shape index (κ2) is 15.8. The summed E-state index contributed by atoms with van der Waals surface area (Å²) in [7, 11) is -12.1. The van der Waals surface area contributed by atoms with Crippen molar-refractivity contribution in [2.75, 3.05) is 34.4 Å². The van der Waals surface area contributed by atoms with Crippen molar-refractivity contribution in [3.63, 3.8) is 0 Å². The summed E-state index contributed by atoms with van der Waals surface area (Å²) >= 11 is 0. The topological polar surface area (TPSA) is 12.5 Å². The Morgan fingerprint density at radius 3 is 1.04 bits per heavy atom. The van der Waals surface area contributed by atoms with Crippen LogP contribution in [-0.4, -0.2) is 61.0 Å². The summed E-state index contributed by atoms with van der Waals surface area (Å²) in [5.74, 6) is 0. The minimum absolute atomic E-state index is 0.897. The van der Waals surface area contributed by atoms with Gasteiger partial charge in [0.05, 0.1) is 0 Å². The molecule has 0 N–H and O–H groups in total. The van der Waals surface area contributed by atoms with Crippen molar-refractivity contribution in [2.24, 2.45) is 0 Å². The molecule has 0 aromatic heterocycles. The molecule has 0 aliphatic heterocycles. The maximum atomic E-state index is 9.75. The second-order valence-corrected chi connectivity index (χ2v) is 3.99. The molecular weight excluding hydrogens is 374 g/mol. The Balaban J connectivity index is -0.000000116. The highest BCUT2D eigenvalue weighted by Gasteiger charge is 2.21. The Labute approximate surface area is 131 Å². The van der Waals surface area contributed by atoms with Gasteiger partial charge in [0.15, 0.2) is 0 Å². The average molecular weight is 392 g/mol. The van der Waals surface area contributed by atoms with Crippen LogP contribution in [0.2, 0.25) is 0 Å². The largest absolute Gasteiger partial charge is 0.673 e. The number of unbranched alkanes of at least 4 members (excludes halogenated alkanes) is 1. The molecule has 0 aromatic rings. The third-order valence-corrected chi connectivity index (χ3v) is 1.20. The first-order chi connectivity index (χ1) is 10.3. The number of halogens is 12. The Hall–Kier alpha value is -0.725. The maximum absolute atomic E-state index is 9.75. The molecule has 0 rings (SSSR count). The molecule has 0 spiro atoms. The molecule has 0 fully saturated rings. The Morgan fingerprint density at radius 2 is 0.875 bits per heavy atom. The summed E-state index contributed by atoms with van der Waals surface area (Å²) in [5, 5.41) is 0. The number of methoxy groups -OCH3 is 1. The van der Waals surface area contributed by atoms with Crippen LogP contribution >= 0.6 is 0 Å². The van der Waals surface area contributed by atoms with E-state index < -0.39 is 21.8 Å². The summed E-state index contributed by atoms with van der Waals surface area (Å²) in [6.45, 7) is 2.07. The van der Waals surface area contributed by atoms with Gasteiger partial charge in [-0.05, 0) is 33.5 Å². The van der Waals surface area contributed by atoms with Gasteiger partial charge in [-0.3, -0.25) is 0 Å². The van der Waals surface area contributed by atoms with Crippen LogP contribution in [0.3, 0.4) is 0 Å². The molecule has 152 valence electrons. The summed E-state index contributed by atoms with van der Waals surface area (Å²) in [6, 6.07) is 0. The number of hydrogen-bond donors (Lipinski definition) is 0. The number of hydrogen-bond acceptors (Lipinski definition) is 2. The predicted molar refractivity (Wildman–Crippen MR) is 70.2 cm³/mol. The first-order valence-electron chi connectivity index (χ1n) is 6.03. The van der Waals surface area contributed by atoms with Crippen molar-refractivity contribution < 1.29 is 56.5 Å². The molecule has 0 heterocycles. The molecule has 0 atom stereocenters. The van der Waals surface area contributed by atoms with Gasteiger partial charge in [0, 0.05) is 13.7 Å². The lowest BCUT2D eigenvalue weighted by Crippen LogP contribution is -2.13. The first-order valence-corrected chi connectivity index (χ1v) is 6.03. The maximum Gasteiger partial charge on any atom is 0.673 e. The second-order valence-electron chi connectivity index (χ2n) is 3.99. The lowest BCUT2D eigenvalue weighted by Gasteiger charge is -2.07. The minimum atomic E-state index is -6.00. The van der Waals surface area contributed by atoms with Crippen LogP contribution in [0.4, 0.5) is 51.8 Å². The van der Waals surface area contributed by atoms with Gasteiger partial charge < -0.3 is 61.4 Å². The third kappa shape index (κ3) is 314. The van der Waals surface area contributed by atoms with E-state index in [0.717, 1.165) is 6.61 Å². The average Bonchev–Trinajstić information content (AvgIpc) is 2.16. The van der Waals surface area contributed by atoms with Crippen LogP contribution in [-0.2, 0) is 4.74 Å². The number of rotatable bonds is 5. The van der Waals surface area contributed by atoms with Crippen molar-refractivity contribution in [1.29, 1.82) is 0 Å². The van der Waals surface area contributed by atoms with E-state index in [1.54, 1.807) is 7.11 Å². The molecule has 17 heteroatoms. The van der Waals surface area contributed by atoms with Crippen LogP contribution in [0.25, 0.3) is 0 Å². The summed E-state index contributed by atoms with van der Waals surface area (Å²) in [4.78, 5) is 2.19. The highest BCUT2D eigenvalue weighted by atomic mass is 19.5.